The van der Waals surface area contributed by atoms with Gasteiger partial charge in [0.2, 0.25) is 5.91 Å². The zero-order valence-corrected chi connectivity index (χ0v) is 22.9. The lowest BCUT2D eigenvalue weighted by Gasteiger charge is -2.45. The van der Waals surface area contributed by atoms with E-state index >= 15 is 0 Å². The third-order valence-corrected chi connectivity index (χ3v) is 8.43. The van der Waals surface area contributed by atoms with Gasteiger partial charge in [0, 0.05) is 13.1 Å². The lowest BCUT2D eigenvalue weighted by atomic mass is 9.68. The number of nitrogens with one attached hydrogen (secondary N) is 1. The van der Waals surface area contributed by atoms with Crippen LogP contribution in [-0.4, -0.2) is 52.7 Å². The van der Waals surface area contributed by atoms with Crippen LogP contribution in [0.15, 0.2) is 84.9 Å². The third kappa shape index (κ3) is 7.48. The van der Waals surface area contributed by atoms with Crippen molar-refractivity contribution in [1.29, 1.82) is 0 Å². The standard InChI is InChI=1S/C33H40N2O4/c1-24-22-35(19-18-33(24,2)28-14-9-15-29(36)21-28)23-27(20-26-12-7-4-8-13-26)31(37)34-30(32(38)39)17-16-25-10-5-3-6-11-25/h3-15,21,24,27,30,36H,16-20,22-23H2,1-2H3,(H,34,37)(H,38,39). The van der Waals surface area contributed by atoms with E-state index in [0.717, 1.165) is 36.2 Å². The Morgan fingerprint density at radius 2 is 1.67 bits per heavy atom. The van der Waals surface area contributed by atoms with Crippen LogP contribution in [0.3, 0.4) is 0 Å². The fourth-order valence-electron chi connectivity index (χ4n) is 5.73. The summed E-state index contributed by atoms with van der Waals surface area (Å²) in [5.41, 5.74) is 3.17. The van der Waals surface area contributed by atoms with Crippen molar-refractivity contribution >= 4 is 11.9 Å². The minimum absolute atomic E-state index is 0.0712. The Balaban J connectivity index is 1.45. The molecule has 0 radical (unpaired) electrons. The summed E-state index contributed by atoms with van der Waals surface area (Å²) < 4.78 is 0. The number of piperidine rings is 1. The molecule has 0 aromatic heterocycles. The molecule has 3 aromatic carbocycles. The zero-order valence-electron chi connectivity index (χ0n) is 22.9. The topological polar surface area (TPSA) is 89.9 Å². The van der Waals surface area contributed by atoms with Crippen molar-refractivity contribution in [3.8, 4) is 5.75 Å². The Morgan fingerprint density at radius 3 is 2.28 bits per heavy atom. The Morgan fingerprint density at radius 1 is 1.00 bits per heavy atom. The number of likely N-dealkylation sites (tertiary alicyclic amines) is 1. The molecule has 1 amide bonds. The van der Waals surface area contributed by atoms with Crippen LogP contribution in [0.25, 0.3) is 0 Å². The highest BCUT2D eigenvalue weighted by Crippen LogP contribution is 2.40. The number of carboxylic acids is 1. The molecule has 39 heavy (non-hydrogen) atoms. The highest BCUT2D eigenvalue weighted by molar-refractivity contribution is 5.85. The van der Waals surface area contributed by atoms with Crippen LogP contribution in [0.2, 0.25) is 0 Å². The van der Waals surface area contributed by atoms with E-state index < -0.39 is 12.0 Å². The predicted molar refractivity (Wildman–Crippen MR) is 154 cm³/mol. The maximum Gasteiger partial charge on any atom is 0.326 e. The van der Waals surface area contributed by atoms with Crippen LogP contribution >= 0.6 is 0 Å². The van der Waals surface area contributed by atoms with E-state index in [-0.39, 0.29) is 23.0 Å². The van der Waals surface area contributed by atoms with Crippen LogP contribution < -0.4 is 5.32 Å². The van der Waals surface area contributed by atoms with Crippen molar-refractivity contribution in [2.24, 2.45) is 11.8 Å². The fraction of sp³-hybridized carbons (Fsp3) is 0.394. The number of phenolic OH excluding ortho intramolecular Hbond substituents is 1. The van der Waals surface area contributed by atoms with Gasteiger partial charge in [-0.15, -0.1) is 0 Å². The summed E-state index contributed by atoms with van der Waals surface area (Å²) in [6.07, 6.45) is 2.38. The first kappa shape index (κ1) is 28.4. The zero-order chi connectivity index (χ0) is 27.8. The molecule has 4 rings (SSSR count). The molecule has 1 saturated heterocycles. The molecular formula is C33H40N2O4. The van der Waals surface area contributed by atoms with Crippen LogP contribution in [0.5, 0.6) is 5.75 Å². The molecular weight excluding hydrogens is 488 g/mol. The highest BCUT2D eigenvalue weighted by atomic mass is 16.4. The van der Waals surface area contributed by atoms with Crippen molar-refractivity contribution in [3.63, 3.8) is 0 Å². The van der Waals surface area contributed by atoms with Crippen LogP contribution in [0, 0.1) is 11.8 Å². The van der Waals surface area contributed by atoms with E-state index in [1.165, 1.54) is 0 Å². The van der Waals surface area contributed by atoms with Gasteiger partial charge >= 0.3 is 5.97 Å². The number of aryl methyl sites for hydroxylation is 1. The number of nitrogens with zero attached hydrogens (tertiary/aromatic N) is 1. The van der Waals surface area contributed by atoms with Crippen molar-refractivity contribution in [3.05, 3.63) is 102 Å². The van der Waals surface area contributed by atoms with Gasteiger partial charge in [-0.2, -0.15) is 0 Å². The van der Waals surface area contributed by atoms with Crippen LogP contribution in [0.1, 0.15) is 43.4 Å². The van der Waals surface area contributed by atoms with E-state index in [1.807, 2.05) is 72.8 Å². The van der Waals surface area contributed by atoms with E-state index in [4.69, 9.17) is 0 Å². The first-order chi connectivity index (χ1) is 18.7. The summed E-state index contributed by atoms with van der Waals surface area (Å²) in [6.45, 7) is 6.69. The van der Waals surface area contributed by atoms with Gasteiger partial charge in [-0.1, -0.05) is 86.6 Å². The number of hydrogen-bond acceptors (Lipinski definition) is 4. The van der Waals surface area contributed by atoms with Crippen LogP contribution in [-0.2, 0) is 27.8 Å². The Bertz CT molecular complexity index is 1230. The van der Waals surface area contributed by atoms with E-state index in [2.05, 4.69) is 30.1 Å². The summed E-state index contributed by atoms with van der Waals surface area (Å²) in [5, 5.41) is 22.8. The average Bonchev–Trinajstić information content (AvgIpc) is 2.93. The number of phenols is 1. The second-order valence-electron chi connectivity index (χ2n) is 11.2. The lowest BCUT2D eigenvalue weighted by molar-refractivity contribution is -0.142. The van der Waals surface area contributed by atoms with Gasteiger partial charge in [-0.3, -0.25) is 4.79 Å². The monoisotopic (exact) mass is 528 g/mol. The van der Waals surface area contributed by atoms with Crippen LogP contribution in [0.4, 0.5) is 0 Å². The Kier molecular flexibility index (Phi) is 9.41. The fourth-order valence-corrected chi connectivity index (χ4v) is 5.73. The quantitative estimate of drug-likeness (QED) is 0.324. The minimum atomic E-state index is -1.01. The van der Waals surface area contributed by atoms with E-state index in [1.54, 1.807) is 6.07 Å². The number of aromatic hydroxyl groups is 1. The molecule has 1 heterocycles. The molecule has 3 N–H and O–H groups in total. The van der Waals surface area contributed by atoms with Crippen molar-refractivity contribution in [2.45, 2.75) is 51.0 Å². The minimum Gasteiger partial charge on any atom is -0.508 e. The first-order valence-corrected chi connectivity index (χ1v) is 13.9. The number of amides is 1. The summed E-state index contributed by atoms with van der Waals surface area (Å²) >= 11 is 0. The van der Waals surface area contributed by atoms with Gasteiger partial charge in [0.15, 0.2) is 0 Å². The van der Waals surface area contributed by atoms with Gasteiger partial charge in [-0.05, 0) is 72.4 Å². The van der Waals surface area contributed by atoms with Gasteiger partial charge in [0.05, 0.1) is 5.92 Å². The van der Waals surface area contributed by atoms with E-state index in [0.29, 0.717) is 31.7 Å². The average molecular weight is 529 g/mol. The molecule has 1 aliphatic heterocycles. The molecule has 3 aromatic rings. The smallest absolute Gasteiger partial charge is 0.326 e. The maximum atomic E-state index is 13.6. The second-order valence-corrected chi connectivity index (χ2v) is 11.2. The normalized spacial score (nSPS) is 21.1. The molecule has 1 aliphatic rings. The lowest BCUT2D eigenvalue weighted by Crippen LogP contribution is -2.51. The van der Waals surface area contributed by atoms with Gasteiger partial charge in [0.1, 0.15) is 11.8 Å². The molecule has 0 spiro atoms. The summed E-state index contributed by atoms with van der Waals surface area (Å²) in [4.78, 5) is 28.0. The summed E-state index contributed by atoms with van der Waals surface area (Å²) in [6, 6.07) is 26.3. The highest BCUT2D eigenvalue weighted by Gasteiger charge is 2.39. The first-order valence-electron chi connectivity index (χ1n) is 13.9. The summed E-state index contributed by atoms with van der Waals surface area (Å²) in [5.74, 6) is -1.00. The molecule has 4 unspecified atom stereocenters. The van der Waals surface area contributed by atoms with Crippen molar-refractivity contribution in [1.82, 2.24) is 10.2 Å². The molecule has 206 valence electrons. The molecule has 4 atom stereocenters. The Labute approximate surface area is 231 Å². The second kappa shape index (κ2) is 12.9. The maximum absolute atomic E-state index is 13.6. The van der Waals surface area contributed by atoms with Gasteiger partial charge in [0.25, 0.3) is 0 Å². The van der Waals surface area contributed by atoms with Gasteiger partial charge in [-0.25, -0.2) is 4.79 Å². The molecule has 6 nitrogen and oxygen atoms in total. The molecule has 6 heteroatoms. The SMILES string of the molecule is CC1CN(CC(Cc2ccccc2)C(=O)NC(CCc2ccccc2)C(=O)O)CCC1(C)c1cccc(O)c1. The number of carbonyl (C=O) groups excluding carboxylic acids is 1. The van der Waals surface area contributed by atoms with Gasteiger partial charge < -0.3 is 20.4 Å². The number of rotatable bonds is 11. The number of hydrogen-bond donors (Lipinski definition) is 3. The molecule has 0 saturated carbocycles. The predicted octanol–water partition coefficient (Wildman–Crippen LogP) is 5.05. The third-order valence-electron chi connectivity index (χ3n) is 8.43. The number of carbonyl (C=O) groups is 2. The number of aliphatic carboxylic acids is 1. The Hall–Kier alpha value is -3.64. The van der Waals surface area contributed by atoms with Crippen molar-refractivity contribution < 1.29 is 19.8 Å². The van der Waals surface area contributed by atoms with Crippen molar-refractivity contribution in [2.75, 3.05) is 19.6 Å². The number of benzene rings is 3. The van der Waals surface area contributed by atoms with E-state index in [9.17, 15) is 19.8 Å². The summed E-state index contributed by atoms with van der Waals surface area (Å²) in [7, 11) is 0. The largest absolute Gasteiger partial charge is 0.508 e. The molecule has 1 fully saturated rings. The number of carboxylic acid groups (broad SMARTS) is 1. The molecule has 0 aliphatic carbocycles. The molecule has 0 bridgehead atoms.